The zero-order chi connectivity index (χ0) is 22.9. The molecule has 25 heavy (non-hydrogen) atoms. The largest absolute Gasteiger partial charge is 0.493 e. The van der Waals surface area contributed by atoms with Crippen LogP contribution < -0.4 is 4.74 Å². The molecule has 6 nitrogen and oxygen atoms in total. The van der Waals surface area contributed by atoms with Crippen LogP contribution in [0, 0.1) is 6.92 Å². The zero-order valence-corrected chi connectivity index (χ0v) is 14.6. The van der Waals surface area contributed by atoms with Gasteiger partial charge in [-0.2, -0.15) is 0 Å². The summed E-state index contributed by atoms with van der Waals surface area (Å²) in [6.45, 7) is 2.49. The number of nitrogens with zero attached hydrogens (tertiary/aromatic N) is 2. The van der Waals surface area contributed by atoms with Crippen LogP contribution in [0.5, 0.6) is 5.75 Å². The van der Waals surface area contributed by atoms with Crippen molar-refractivity contribution in [2.24, 2.45) is 0 Å². The number of fused-ring (bicyclic) bond motifs is 1. The molecule has 0 saturated carbocycles. The van der Waals surface area contributed by atoms with Gasteiger partial charge in [-0.1, -0.05) is 12.1 Å². The lowest BCUT2D eigenvalue weighted by atomic mass is 10.2. The fourth-order valence-electron chi connectivity index (χ4n) is 2.10. The molecule has 0 fully saturated rings. The first-order chi connectivity index (χ1) is 14.6. The standard InChI is InChI=1S/C18H21N3O3S/c1-13-16(19-9-8-17(13)24-11-5-10-23-2)12-25(22)18-20-14-6-3-4-7-15(14)21-18/h3-4,6-9H,5,10-12H2,1-2H3,(H,20,21)/i3D,4D,6D,7D,12D2. The van der Waals surface area contributed by atoms with Gasteiger partial charge in [0.25, 0.3) is 0 Å². The molecule has 7 heteroatoms. The van der Waals surface area contributed by atoms with Gasteiger partial charge in [0, 0.05) is 34.6 Å². The monoisotopic (exact) mass is 365 g/mol. The lowest BCUT2D eigenvalue weighted by Crippen LogP contribution is -2.06. The summed E-state index contributed by atoms with van der Waals surface area (Å²) < 4.78 is 72.1. The van der Waals surface area contributed by atoms with E-state index in [1.165, 1.54) is 6.20 Å². The lowest BCUT2D eigenvalue weighted by molar-refractivity contribution is 0.172. The minimum absolute atomic E-state index is 0.0370. The van der Waals surface area contributed by atoms with Gasteiger partial charge >= 0.3 is 0 Å². The van der Waals surface area contributed by atoms with Crippen LogP contribution in [-0.4, -0.2) is 39.5 Å². The van der Waals surface area contributed by atoms with Crippen molar-refractivity contribution in [2.75, 3.05) is 20.3 Å². The Kier molecular flexibility index (Phi) is 3.74. The third-order valence-electron chi connectivity index (χ3n) is 3.38. The van der Waals surface area contributed by atoms with Gasteiger partial charge in [-0.25, -0.2) is 4.98 Å². The molecule has 0 aliphatic heterocycles. The van der Waals surface area contributed by atoms with Gasteiger partial charge in [-0.05, 0) is 25.1 Å². The predicted molar refractivity (Wildman–Crippen MR) is 97.2 cm³/mol. The molecule has 132 valence electrons. The summed E-state index contributed by atoms with van der Waals surface area (Å²) in [5.41, 5.74) is -2.31. The van der Waals surface area contributed by atoms with E-state index in [1.54, 1.807) is 20.1 Å². The van der Waals surface area contributed by atoms with Crippen LogP contribution in [0.4, 0.5) is 0 Å². The summed E-state index contributed by atoms with van der Waals surface area (Å²) in [5, 5.41) is -0.306. The van der Waals surface area contributed by atoms with E-state index in [0.717, 1.165) is 0 Å². The molecule has 2 aromatic heterocycles. The second kappa shape index (κ2) is 8.22. The molecule has 0 bridgehead atoms. The predicted octanol–water partition coefficient (Wildman–Crippen LogP) is 2.99. The number of ether oxygens (including phenoxy) is 2. The topological polar surface area (TPSA) is 77.1 Å². The third kappa shape index (κ3) is 4.24. The molecule has 3 aromatic rings. The van der Waals surface area contributed by atoms with E-state index in [0.29, 0.717) is 30.9 Å². The Bertz CT molecular complexity index is 1110. The average Bonchev–Trinajstić information content (AvgIpc) is 3.19. The summed E-state index contributed by atoms with van der Waals surface area (Å²) in [7, 11) is -0.811. The fraction of sp³-hybridized carbons (Fsp3) is 0.333. The molecule has 3 rings (SSSR count). The van der Waals surface area contributed by atoms with E-state index in [4.69, 9.17) is 17.7 Å². The van der Waals surface area contributed by atoms with Gasteiger partial charge in [0.05, 0.1) is 45.3 Å². The highest BCUT2D eigenvalue weighted by Crippen LogP contribution is 2.22. The normalized spacial score (nSPS) is 16.4. The van der Waals surface area contributed by atoms with E-state index in [9.17, 15) is 4.21 Å². The number of pyridine rings is 1. The summed E-state index contributed by atoms with van der Waals surface area (Å²) in [6, 6.07) is -0.0989. The number of hydrogen-bond donors (Lipinski definition) is 1. The molecule has 0 saturated heterocycles. The van der Waals surface area contributed by atoms with E-state index in [-0.39, 0.29) is 27.9 Å². The van der Waals surface area contributed by atoms with Crippen LogP contribution >= 0.6 is 0 Å². The molecule has 0 spiro atoms. The number of H-pyrrole nitrogens is 1. The first-order valence-electron chi connectivity index (χ1n) is 10.6. The van der Waals surface area contributed by atoms with Crippen LogP contribution in [-0.2, 0) is 21.2 Å². The Labute approximate surface area is 157 Å². The minimum atomic E-state index is -2.47. The van der Waals surface area contributed by atoms with Gasteiger partial charge in [0.2, 0.25) is 0 Å². The van der Waals surface area contributed by atoms with Crippen LogP contribution in [0.15, 0.2) is 41.6 Å². The highest BCUT2D eigenvalue weighted by molar-refractivity contribution is 7.84. The molecule has 1 atom stereocenters. The first-order valence-corrected chi connectivity index (χ1v) is 8.72. The van der Waals surface area contributed by atoms with Crippen molar-refractivity contribution in [3.05, 3.63) is 47.7 Å². The number of imidazole rings is 1. The smallest absolute Gasteiger partial charge is 0.197 e. The third-order valence-corrected chi connectivity index (χ3v) is 4.31. The van der Waals surface area contributed by atoms with Gasteiger partial charge in [-0.15, -0.1) is 0 Å². The number of aromatic nitrogens is 3. The van der Waals surface area contributed by atoms with Crippen molar-refractivity contribution in [1.29, 1.82) is 0 Å². The molecule has 0 amide bonds. The second-order valence-electron chi connectivity index (χ2n) is 5.11. The molecule has 0 radical (unpaired) electrons. The van der Waals surface area contributed by atoms with Gasteiger partial charge in [0.1, 0.15) is 5.75 Å². The van der Waals surface area contributed by atoms with Crippen molar-refractivity contribution < 1.29 is 21.9 Å². The minimum Gasteiger partial charge on any atom is -0.493 e. The summed E-state index contributed by atoms with van der Waals surface area (Å²) in [4.78, 5) is 10.7. The van der Waals surface area contributed by atoms with E-state index < -0.39 is 34.6 Å². The Morgan fingerprint density at radius 3 is 3.04 bits per heavy atom. The van der Waals surface area contributed by atoms with Crippen LogP contribution in [0.25, 0.3) is 11.0 Å². The fourth-order valence-corrected chi connectivity index (χ4v) is 2.95. The Morgan fingerprint density at radius 1 is 1.36 bits per heavy atom. The van der Waals surface area contributed by atoms with Crippen molar-refractivity contribution in [3.63, 3.8) is 0 Å². The first kappa shape index (κ1) is 11.4. The van der Waals surface area contributed by atoms with Crippen LogP contribution in [0.3, 0.4) is 0 Å². The Balaban J connectivity index is 1.98. The van der Waals surface area contributed by atoms with Crippen molar-refractivity contribution in [3.8, 4) is 5.75 Å². The van der Waals surface area contributed by atoms with Crippen LogP contribution in [0.2, 0.25) is 0 Å². The Hall–Kier alpha value is -2.25. The van der Waals surface area contributed by atoms with Crippen molar-refractivity contribution in [1.82, 2.24) is 15.0 Å². The van der Waals surface area contributed by atoms with Crippen molar-refractivity contribution >= 4 is 21.8 Å². The molecule has 1 N–H and O–H groups in total. The molecule has 1 aromatic carbocycles. The average molecular weight is 365 g/mol. The number of aromatic amines is 1. The highest BCUT2D eigenvalue weighted by atomic mass is 32.2. The van der Waals surface area contributed by atoms with Crippen molar-refractivity contribution in [2.45, 2.75) is 24.2 Å². The summed E-state index contributed by atoms with van der Waals surface area (Å²) >= 11 is 0. The number of rotatable bonds is 8. The number of para-hydroxylation sites is 2. The summed E-state index contributed by atoms with van der Waals surface area (Å²) in [5.74, 6) is 0.408. The molecular formula is C18H21N3O3S. The molecule has 2 heterocycles. The maximum absolute atomic E-state index is 13.1. The van der Waals surface area contributed by atoms with Gasteiger partial charge in [-0.3, -0.25) is 9.19 Å². The number of nitrogens with one attached hydrogen (secondary N) is 1. The number of methoxy groups -OCH3 is 1. The second-order valence-corrected chi connectivity index (χ2v) is 6.24. The van der Waals surface area contributed by atoms with E-state index in [1.807, 2.05) is 0 Å². The molecule has 1 unspecified atom stereocenters. The van der Waals surface area contributed by atoms with Crippen LogP contribution in [0.1, 0.15) is 25.9 Å². The van der Waals surface area contributed by atoms with Gasteiger partial charge in [0.15, 0.2) is 5.16 Å². The number of benzene rings is 1. The summed E-state index contributed by atoms with van der Waals surface area (Å²) in [6.07, 6.45) is 2.01. The maximum atomic E-state index is 13.1. The molecule has 0 aliphatic rings. The van der Waals surface area contributed by atoms with E-state index in [2.05, 4.69) is 15.0 Å². The SMILES string of the molecule is [2H]c1c([2H])c([2H])c2[nH]c(S(=O)C([2H])([2H])c3nccc(OCCCOC)c3C)nc2c1[2H]. The van der Waals surface area contributed by atoms with Gasteiger partial charge < -0.3 is 14.5 Å². The quantitative estimate of drug-likeness (QED) is 0.621. The highest BCUT2D eigenvalue weighted by Gasteiger charge is 2.14. The molecular weight excluding hydrogens is 338 g/mol. The lowest BCUT2D eigenvalue weighted by Gasteiger charge is -2.11. The zero-order valence-electron chi connectivity index (χ0n) is 19.8. The number of hydrogen-bond acceptors (Lipinski definition) is 5. The van der Waals surface area contributed by atoms with E-state index >= 15 is 0 Å². The molecule has 0 aliphatic carbocycles. The maximum Gasteiger partial charge on any atom is 0.197 e. The Morgan fingerprint density at radius 2 is 2.20 bits per heavy atom.